The molecule has 6 heteroatoms. The number of hydrogen-bond acceptors (Lipinski definition) is 2. The molecule has 0 atom stereocenters. The summed E-state index contributed by atoms with van der Waals surface area (Å²) in [4.78, 5) is 7.01. The van der Waals surface area contributed by atoms with Crippen molar-refractivity contribution in [3.8, 4) is 0 Å². The van der Waals surface area contributed by atoms with Crippen LogP contribution in [0.15, 0.2) is 0 Å². The van der Waals surface area contributed by atoms with E-state index < -0.39 is 7.91 Å². The quantitative estimate of drug-likeness (QED) is 0.328. The van der Waals surface area contributed by atoms with Gasteiger partial charge in [0, 0.05) is 0 Å². The number of hydrogen-bond donors (Lipinski definition) is 1. The van der Waals surface area contributed by atoms with Gasteiger partial charge in [0.15, 0.2) is 0 Å². The summed E-state index contributed by atoms with van der Waals surface area (Å²) in [7, 11) is -3.12. The van der Waals surface area contributed by atoms with Crippen LogP contribution in [0, 0.1) is 0 Å². The monoisotopic (exact) mass is 128 g/mol. The summed E-state index contributed by atoms with van der Waals surface area (Å²) in [6, 6.07) is 0. The first-order valence-electron chi connectivity index (χ1n) is 0.565. The third-order valence-electron chi connectivity index (χ3n) is 0. The van der Waals surface area contributed by atoms with E-state index in [1.807, 2.05) is 0 Å². The van der Waals surface area contributed by atoms with Crippen LogP contribution in [0.2, 0.25) is 0 Å². The molecule has 0 aromatic heterocycles. The predicted octanol–water partition coefficient (Wildman–Crippen LogP) is -1.23. The molecule has 1 N–H and O–H groups in total. The second kappa shape index (κ2) is 9.97. The zero-order chi connectivity index (χ0) is 3.58. The van der Waals surface area contributed by atoms with Gasteiger partial charge in [-0.1, -0.05) is 0 Å². The summed E-state index contributed by atoms with van der Waals surface area (Å²) in [6.07, 6.45) is 0. The molecule has 0 unspecified atom stereocenters. The van der Waals surface area contributed by atoms with Crippen LogP contribution in [0.3, 0.4) is 0 Å². The van der Waals surface area contributed by atoms with E-state index in [0.717, 1.165) is 0 Å². The van der Waals surface area contributed by atoms with E-state index in [-0.39, 0.29) is 59.1 Å². The van der Waals surface area contributed by atoms with Gasteiger partial charge in [-0.2, -0.15) is 0 Å². The molecular weight excluding hydrogens is 125 g/mol. The van der Waals surface area contributed by atoms with Crippen molar-refractivity contribution >= 4 is 67.0 Å². The van der Waals surface area contributed by atoms with Crippen molar-refractivity contribution in [1.82, 2.24) is 0 Å². The molecule has 0 saturated heterocycles. The van der Waals surface area contributed by atoms with Crippen molar-refractivity contribution in [2.45, 2.75) is 0 Å². The summed E-state index contributed by atoms with van der Waals surface area (Å²) >= 11 is 0. The van der Waals surface area contributed by atoms with E-state index in [1.165, 1.54) is 0 Å². The van der Waals surface area contributed by atoms with Gasteiger partial charge in [0.25, 0.3) is 0 Å². The fourth-order valence-electron chi connectivity index (χ4n) is 0. The summed E-state index contributed by atoms with van der Waals surface area (Å²) < 4.78 is 17.2. The Morgan fingerprint density at radius 3 is 1.17 bits per heavy atom. The Balaban J connectivity index is -0.0000000450. The average molecular weight is 128 g/mol. The predicted molar refractivity (Wildman–Crippen MR) is 24.8 cm³/mol. The average Bonchev–Trinajstić information content (AvgIpc) is 0.811. The zero-order valence-corrected chi connectivity index (χ0v) is 2.61. The van der Waals surface area contributed by atoms with Crippen molar-refractivity contribution in [2.24, 2.45) is 0 Å². The van der Waals surface area contributed by atoms with Crippen LogP contribution in [-0.2, 0) is 9.13 Å². The third-order valence-corrected chi connectivity index (χ3v) is 0. The zero-order valence-electron chi connectivity index (χ0n) is 1.71. The molecule has 0 fully saturated rings. The minimum absolute atomic E-state index is 0. The van der Waals surface area contributed by atoms with Crippen molar-refractivity contribution in [3.05, 3.63) is 0 Å². The first-order chi connectivity index (χ1) is 1.73. The fraction of sp³-hybridized carbons (Fsp3) is 0. The summed E-state index contributed by atoms with van der Waals surface area (Å²) in [5.41, 5.74) is 0. The van der Waals surface area contributed by atoms with Crippen LogP contribution in [0.25, 0.3) is 0 Å². The second-order valence-electron chi connectivity index (χ2n) is 0.238. The van der Waals surface area contributed by atoms with E-state index in [9.17, 15) is 0 Å². The SMILES string of the molecule is O=P(=O)O.[NaH].[NaH]. The molecule has 0 aliphatic heterocycles. The minimum atomic E-state index is -3.12. The molecule has 6 heavy (non-hydrogen) atoms. The fourth-order valence-corrected chi connectivity index (χ4v) is 0. The van der Waals surface area contributed by atoms with Gasteiger partial charge in [-0.15, -0.1) is 0 Å². The Kier molecular flexibility index (Phi) is 26.0. The number of rotatable bonds is 0. The van der Waals surface area contributed by atoms with Crippen LogP contribution in [0.4, 0.5) is 0 Å². The van der Waals surface area contributed by atoms with Crippen LogP contribution in [0.1, 0.15) is 0 Å². The second-order valence-corrected chi connectivity index (χ2v) is 0.714. The maximum absolute atomic E-state index is 8.59. The Bertz CT molecular complexity index is 57.2. The van der Waals surface area contributed by atoms with E-state index in [1.54, 1.807) is 0 Å². The molecule has 0 heterocycles. The molecule has 0 radical (unpaired) electrons. The van der Waals surface area contributed by atoms with Crippen LogP contribution < -0.4 is 0 Å². The normalized spacial score (nSPS) is 4.17. The summed E-state index contributed by atoms with van der Waals surface area (Å²) in [5, 5.41) is 0. The summed E-state index contributed by atoms with van der Waals surface area (Å²) in [6.45, 7) is 0. The molecular formula is H3Na2O3P. The van der Waals surface area contributed by atoms with Crippen LogP contribution in [0.5, 0.6) is 0 Å². The molecule has 0 aliphatic rings. The molecule has 0 aliphatic carbocycles. The molecule has 0 aromatic carbocycles. The topological polar surface area (TPSA) is 54.4 Å². The summed E-state index contributed by atoms with van der Waals surface area (Å²) in [5.74, 6) is 0. The van der Waals surface area contributed by atoms with E-state index in [2.05, 4.69) is 0 Å². The van der Waals surface area contributed by atoms with Gasteiger partial charge in [0.2, 0.25) is 0 Å². The molecule has 0 rings (SSSR count). The van der Waals surface area contributed by atoms with E-state index in [0.29, 0.717) is 0 Å². The molecule has 0 bridgehead atoms. The first kappa shape index (κ1) is 15.7. The van der Waals surface area contributed by atoms with Crippen molar-refractivity contribution in [3.63, 3.8) is 0 Å². The first-order valence-corrected chi connectivity index (χ1v) is 1.70. The molecule has 0 spiro atoms. The van der Waals surface area contributed by atoms with Gasteiger partial charge in [0.1, 0.15) is 0 Å². The Morgan fingerprint density at radius 2 is 1.17 bits per heavy atom. The van der Waals surface area contributed by atoms with Gasteiger partial charge < -0.3 is 0 Å². The molecule has 3 nitrogen and oxygen atoms in total. The Hall–Kier alpha value is 1.86. The molecule has 0 saturated carbocycles. The van der Waals surface area contributed by atoms with E-state index in [4.69, 9.17) is 14.0 Å². The van der Waals surface area contributed by atoms with Crippen molar-refractivity contribution in [1.29, 1.82) is 0 Å². The standard InChI is InChI=1S/2Na.HO3P.2H/c;;1-4(2)3;;/h;;(H,1,2,3);;. The van der Waals surface area contributed by atoms with Gasteiger partial charge in [-0.25, -0.2) is 9.13 Å². The van der Waals surface area contributed by atoms with Crippen LogP contribution in [-0.4, -0.2) is 64.0 Å². The van der Waals surface area contributed by atoms with Gasteiger partial charge in [-0.3, -0.25) is 4.89 Å². The Labute approximate surface area is 80.0 Å². The molecule has 28 valence electrons. The maximum atomic E-state index is 8.59. The molecule has 0 aromatic rings. The van der Waals surface area contributed by atoms with Crippen molar-refractivity contribution < 1.29 is 14.0 Å². The third kappa shape index (κ3) is 40.0. The van der Waals surface area contributed by atoms with E-state index >= 15 is 0 Å². The molecule has 0 amide bonds. The Morgan fingerprint density at radius 1 is 1.17 bits per heavy atom. The van der Waals surface area contributed by atoms with Gasteiger partial charge in [0.05, 0.1) is 0 Å². The van der Waals surface area contributed by atoms with Gasteiger partial charge in [-0.05, 0) is 0 Å². The van der Waals surface area contributed by atoms with Crippen LogP contribution >= 0.6 is 7.91 Å². The van der Waals surface area contributed by atoms with Crippen molar-refractivity contribution in [2.75, 3.05) is 0 Å². The van der Waals surface area contributed by atoms with Gasteiger partial charge >= 0.3 is 67.0 Å².